The minimum atomic E-state index is -0.440. The lowest BCUT2D eigenvalue weighted by Gasteiger charge is -2.21. The number of aliphatic hydroxyl groups is 1. The number of aryl methyl sites for hydroxylation is 1. The highest BCUT2D eigenvalue weighted by molar-refractivity contribution is 5.40. The summed E-state index contributed by atoms with van der Waals surface area (Å²) in [5, 5.41) is 9.75. The molecule has 0 aromatic heterocycles. The van der Waals surface area contributed by atoms with Crippen LogP contribution in [-0.2, 0) is 6.42 Å². The van der Waals surface area contributed by atoms with Crippen LogP contribution >= 0.6 is 0 Å². The molecule has 0 saturated heterocycles. The average Bonchev–Trinajstić information content (AvgIpc) is 2.43. The van der Waals surface area contributed by atoms with E-state index in [1.54, 1.807) is 7.11 Å². The predicted molar refractivity (Wildman–Crippen MR) is 75.1 cm³/mol. The number of aliphatic hydroxyl groups excluding tert-OH is 1. The fraction of sp³-hybridized carbons (Fsp3) is 0.600. The number of methoxy groups -OCH3 is 1. The molecule has 3 nitrogen and oxygen atoms in total. The molecule has 1 aromatic rings. The lowest BCUT2D eigenvalue weighted by molar-refractivity contribution is 0.161. The van der Waals surface area contributed by atoms with Gasteiger partial charge in [-0.15, -0.1) is 0 Å². The van der Waals surface area contributed by atoms with Crippen LogP contribution in [0.4, 0.5) is 0 Å². The first kappa shape index (κ1) is 15.0. The SMILES string of the molecule is CCc1ccc(OC)c(C(CC)CC(O)CN)c1. The maximum atomic E-state index is 9.75. The monoisotopic (exact) mass is 251 g/mol. The molecule has 0 fully saturated rings. The second-order valence-electron chi connectivity index (χ2n) is 4.66. The largest absolute Gasteiger partial charge is 0.496 e. The van der Waals surface area contributed by atoms with Crippen LogP contribution in [-0.4, -0.2) is 24.9 Å². The number of nitrogens with two attached hydrogens (primary N) is 1. The van der Waals surface area contributed by atoms with Crippen molar-refractivity contribution < 1.29 is 9.84 Å². The molecule has 0 amide bonds. The second kappa shape index (κ2) is 7.39. The first-order valence-corrected chi connectivity index (χ1v) is 6.71. The number of rotatable bonds is 7. The van der Waals surface area contributed by atoms with E-state index in [4.69, 9.17) is 10.5 Å². The summed E-state index contributed by atoms with van der Waals surface area (Å²) in [6.45, 7) is 4.58. The predicted octanol–water partition coefficient (Wildman–Crippen LogP) is 2.46. The van der Waals surface area contributed by atoms with E-state index in [2.05, 4.69) is 26.0 Å². The van der Waals surface area contributed by atoms with Crippen LogP contribution in [0.25, 0.3) is 0 Å². The molecule has 0 bridgehead atoms. The van der Waals surface area contributed by atoms with E-state index in [-0.39, 0.29) is 0 Å². The number of ether oxygens (including phenoxy) is 1. The van der Waals surface area contributed by atoms with Gasteiger partial charge in [-0.05, 0) is 42.4 Å². The summed E-state index contributed by atoms with van der Waals surface area (Å²) in [5.74, 6) is 1.20. The third-order valence-corrected chi connectivity index (χ3v) is 3.46. The standard InChI is InChI=1S/C15H25NO2/c1-4-11-6-7-15(18-3)14(8-11)12(5-2)9-13(17)10-16/h6-8,12-13,17H,4-5,9-10,16H2,1-3H3. The fourth-order valence-corrected chi connectivity index (χ4v) is 2.26. The van der Waals surface area contributed by atoms with Gasteiger partial charge in [0.25, 0.3) is 0 Å². The van der Waals surface area contributed by atoms with Crippen molar-refractivity contribution in [3.63, 3.8) is 0 Å². The normalized spacial score (nSPS) is 14.3. The van der Waals surface area contributed by atoms with Gasteiger partial charge in [0.2, 0.25) is 0 Å². The molecule has 0 saturated carbocycles. The van der Waals surface area contributed by atoms with Crippen molar-refractivity contribution >= 4 is 0 Å². The topological polar surface area (TPSA) is 55.5 Å². The highest BCUT2D eigenvalue weighted by Crippen LogP contribution is 2.33. The van der Waals surface area contributed by atoms with Crippen LogP contribution in [0, 0.1) is 0 Å². The fourth-order valence-electron chi connectivity index (χ4n) is 2.26. The van der Waals surface area contributed by atoms with Crippen molar-refractivity contribution in [2.75, 3.05) is 13.7 Å². The van der Waals surface area contributed by atoms with Gasteiger partial charge in [-0.3, -0.25) is 0 Å². The van der Waals surface area contributed by atoms with Gasteiger partial charge < -0.3 is 15.6 Å². The van der Waals surface area contributed by atoms with Gasteiger partial charge in [-0.1, -0.05) is 26.0 Å². The molecule has 3 N–H and O–H groups in total. The van der Waals surface area contributed by atoms with Crippen molar-refractivity contribution in [2.24, 2.45) is 5.73 Å². The van der Waals surface area contributed by atoms with Gasteiger partial charge in [0.1, 0.15) is 5.75 Å². The zero-order valence-corrected chi connectivity index (χ0v) is 11.6. The van der Waals surface area contributed by atoms with Crippen LogP contribution in [0.1, 0.15) is 43.7 Å². The van der Waals surface area contributed by atoms with Crippen LogP contribution in [0.5, 0.6) is 5.75 Å². The molecular weight excluding hydrogens is 226 g/mol. The summed E-state index contributed by atoms with van der Waals surface area (Å²) in [6, 6.07) is 6.30. The van der Waals surface area contributed by atoms with Gasteiger partial charge in [0.05, 0.1) is 13.2 Å². The van der Waals surface area contributed by atoms with E-state index in [1.807, 2.05) is 6.07 Å². The highest BCUT2D eigenvalue weighted by atomic mass is 16.5. The van der Waals surface area contributed by atoms with Crippen molar-refractivity contribution in [2.45, 2.75) is 45.1 Å². The van der Waals surface area contributed by atoms with E-state index in [1.165, 1.54) is 11.1 Å². The van der Waals surface area contributed by atoms with E-state index in [9.17, 15) is 5.11 Å². The lowest BCUT2D eigenvalue weighted by atomic mass is 9.88. The summed E-state index contributed by atoms with van der Waals surface area (Å²) < 4.78 is 5.43. The zero-order chi connectivity index (χ0) is 13.5. The minimum absolute atomic E-state index is 0.296. The van der Waals surface area contributed by atoms with E-state index < -0.39 is 6.10 Å². The van der Waals surface area contributed by atoms with Gasteiger partial charge in [0, 0.05) is 6.54 Å². The number of benzene rings is 1. The summed E-state index contributed by atoms with van der Waals surface area (Å²) >= 11 is 0. The maximum Gasteiger partial charge on any atom is 0.122 e. The molecule has 1 aromatic carbocycles. The van der Waals surface area contributed by atoms with E-state index >= 15 is 0 Å². The minimum Gasteiger partial charge on any atom is -0.496 e. The van der Waals surface area contributed by atoms with E-state index in [0.717, 1.165) is 18.6 Å². The molecule has 0 aliphatic rings. The van der Waals surface area contributed by atoms with Crippen molar-refractivity contribution in [3.05, 3.63) is 29.3 Å². The zero-order valence-electron chi connectivity index (χ0n) is 11.6. The second-order valence-corrected chi connectivity index (χ2v) is 4.66. The lowest BCUT2D eigenvalue weighted by Crippen LogP contribution is -2.22. The van der Waals surface area contributed by atoms with E-state index in [0.29, 0.717) is 18.9 Å². The molecule has 2 unspecified atom stereocenters. The Kier molecular flexibility index (Phi) is 6.16. The molecule has 0 radical (unpaired) electrons. The Morgan fingerprint density at radius 1 is 1.33 bits per heavy atom. The summed E-state index contributed by atoms with van der Waals surface area (Å²) in [6.07, 6.45) is 2.23. The van der Waals surface area contributed by atoms with Crippen LogP contribution in [0.2, 0.25) is 0 Å². The molecule has 18 heavy (non-hydrogen) atoms. The molecule has 0 heterocycles. The van der Waals surface area contributed by atoms with Crippen molar-refractivity contribution in [1.82, 2.24) is 0 Å². The molecule has 0 spiro atoms. The highest BCUT2D eigenvalue weighted by Gasteiger charge is 2.18. The molecule has 2 atom stereocenters. The Balaban J connectivity index is 3.01. The summed E-state index contributed by atoms with van der Waals surface area (Å²) in [4.78, 5) is 0. The number of hydrogen-bond acceptors (Lipinski definition) is 3. The molecular formula is C15H25NO2. The van der Waals surface area contributed by atoms with Crippen LogP contribution < -0.4 is 10.5 Å². The van der Waals surface area contributed by atoms with Crippen LogP contribution in [0.3, 0.4) is 0 Å². The Hall–Kier alpha value is -1.06. The molecule has 0 aliphatic heterocycles. The summed E-state index contributed by atoms with van der Waals surface area (Å²) in [5.41, 5.74) is 7.98. The van der Waals surface area contributed by atoms with Gasteiger partial charge >= 0.3 is 0 Å². The van der Waals surface area contributed by atoms with Gasteiger partial charge in [-0.2, -0.15) is 0 Å². The molecule has 102 valence electrons. The maximum absolute atomic E-state index is 9.75. The quantitative estimate of drug-likeness (QED) is 0.782. The molecule has 3 heteroatoms. The molecule has 1 rings (SSSR count). The molecule has 0 aliphatic carbocycles. The first-order chi connectivity index (χ1) is 8.65. The Labute approximate surface area is 110 Å². The van der Waals surface area contributed by atoms with Crippen LogP contribution in [0.15, 0.2) is 18.2 Å². The summed E-state index contributed by atoms with van der Waals surface area (Å²) in [7, 11) is 1.69. The third-order valence-electron chi connectivity index (χ3n) is 3.46. The third kappa shape index (κ3) is 3.72. The van der Waals surface area contributed by atoms with Gasteiger partial charge in [0.15, 0.2) is 0 Å². The Morgan fingerprint density at radius 2 is 2.06 bits per heavy atom. The Morgan fingerprint density at radius 3 is 2.56 bits per heavy atom. The van der Waals surface area contributed by atoms with Gasteiger partial charge in [-0.25, -0.2) is 0 Å². The van der Waals surface area contributed by atoms with Crippen molar-refractivity contribution in [3.8, 4) is 5.75 Å². The Bertz CT molecular complexity index is 366. The average molecular weight is 251 g/mol. The smallest absolute Gasteiger partial charge is 0.122 e. The van der Waals surface area contributed by atoms with Crippen molar-refractivity contribution in [1.29, 1.82) is 0 Å². The first-order valence-electron chi connectivity index (χ1n) is 6.71. The number of hydrogen-bond donors (Lipinski definition) is 2.